The molecule has 102 valence electrons. The maximum absolute atomic E-state index is 12.0. The summed E-state index contributed by atoms with van der Waals surface area (Å²) in [7, 11) is 0. The zero-order valence-corrected chi connectivity index (χ0v) is 12.1. The summed E-state index contributed by atoms with van der Waals surface area (Å²) in [6.45, 7) is 12.6. The van der Waals surface area contributed by atoms with Crippen LogP contribution in [0.2, 0.25) is 0 Å². The highest BCUT2D eigenvalue weighted by Gasteiger charge is 2.15. The minimum absolute atomic E-state index is 0.0269. The number of allylic oxidation sites excluding steroid dienone is 1. The molecule has 18 heavy (non-hydrogen) atoms. The molecule has 1 amide bonds. The molecular formula is C15H26N2O. The summed E-state index contributed by atoms with van der Waals surface area (Å²) >= 11 is 0. The number of hydrogen-bond acceptors (Lipinski definition) is 2. The zero-order chi connectivity index (χ0) is 14.0. The van der Waals surface area contributed by atoms with E-state index >= 15 is 0 Å². The second-order valence-electron chi connectivity index (χ2n) is 4.56. The van der Waals surface area contributed by atoms with E-state index in [1.807, 2.05) is 19.9 Å². The first-order chi connectivity index (χ1) is 8.56. The first-order valence-electron chi connectivity index (χ1n) is 6.65. The third-order valence-corrected chi connectivity index (χ3v) is 2.45. The molecule has 0 saturated carbocycles. The van der Waals surface area contributed by atoms with Crippen LogP contribution >= 0.6 is 0 Å². The molecule has 0 radical (unpaired) electrons. The fraction of sp³-hybridized carbons (Fsp3) is 0.600. The summed E-state index contributed by atoms with van der Waals surface area (Å²) in [5.74, 6) is 1.49. The Kier molecular flexibility index (Phi) is 8.89. The molecule has 0 atom stereocenters. The minimum Gasteiger partial charge on any atom is -0.276 e. The van der Waals surface area contributed by atoms with Crippen molar-refractivity contribution in [2.75, 3.05) is 6.54 Å². The summed E-state index contributed by atoms with van der Waals surface area (Å²) in [4.78, 5) is 18.1. The van der Waals surface area contributed by atoms with Gasteiger partial charge in [0.25, 0.3) is 0 Å². The molecule has 0 unspecified atom stereocenters. The van der Waals surface area contributed by atoms with Crippen LogP contribution in [0.3, 0.4) is 0 Å². The van der Waals surface area contributed by atoms with E-state index in [2.05, 4.69) is 25.4 Å². The molecule has 0 aromatic carbocycles. The van der Waals surface area contributed by atoms with Crippen LogP contribution in [-0.2, 0) is 4.79 Å². The third-order valence-electron chi connectivity index (χ3n) is 2.45. The number of rotatable bonds is 7. The number of nitrogens with zero attached hydrogens (tertiary/aromatic N) is 2. The van der Waals surface area contributed by atoms with Crippen molar-refractivity contribution in [1.82, 2.24) is 4.90 Å². The van der Waals surface area contributed by atoms with E-state index in [4.69, 9.17) is 0 Å². The summed E-state index contributed by atoms with van der Waals surface area (Å²) < 4.78 is 0. The molecule has 0 aliphatic rings. The van der Waals surface area contributed by atoms with Gasteiger partial charge >= 0.3 is 0 Å². The lowest BCUT2D eigenvalue weighted by Gasteiger charge is -2.21. The van der Waals surface area contributed by atoms with Gasteiger partial charge in [-0.15, -0.1) is 6.58 Å². The fourth-order valence-electron chi connectivity index (χ4n) is 1.56. The Labute approximate surface area is 111 Å². The van der Waals surface area contributed by atoms with Crippen molar-refractivity contribution in [3.05, 3.63) is 24.9 Å². The third kappa shape index (κ3) is 6.38. The Morgan fingerprint density at radius 2 is 2.11 bits per heavy atom. The first-order valence-corrected chi connectivity index (χ1v) is 6.65. The van der Waals surface area contributed by atoms with Gasteiger partial charge in [0.2, 0.25) is 5.91 Å². The van der Waals surface area contributed by atoms with E-state index < -0.39 is 0 Å². The number of carbonyl (C=O) groups excluding carboxylic acids is 1. The summed E-state index contributed by atoms with van der Waals surface area (Å²) in [6.07, 6.45) is 7.49. The lowest BCUT2D eigenvalue weighted by molar-refractivity contribution is -0.124. The minimum atomic E-state index is 0.0269. The van der Waals surface area contributed by atoms with Gasteiger partial charge in [-0.25, -0.2) is 0 Å². The Bertz CT molecular complexity index is 316. The lowest BCUT2D eigenvalue weighted by atomic mass is 10.1. The highest BCUT2D eigenvalue weighted by molar-refractivity contribution is 5.99. The van der Waals surface area contributed by atoms with Crippen molar-refractivity contribution in [2.24, 2.45) is 10.9 Å². The van der Waals surface area contributed by atoms with E-state index in [9.17, 15) is 4.79 Å². The maximum atomic E-state index is 12.0. The average Bonchev–Trinajstić information content (AvgIpc) is 2.32. The predicted molar refractivity (Wildman–Crippen MR) is 78.5 cm³/mol. The summed E-state index contributed by atoms with van der Waals surface area (Å²) in [5.41, 5.74) is 0. The molecule has 0 fully saturated rings. The van der Waals surface area contributed by atoms with Crippen LogP contribution in [0.15, 0.2) is 29.9 Å². The fourth-order valence-corrected chi connectivity index (χ4v) is 1.56. The van der Waals surface area contributed by atoms with Gasteiger partial charge in [0.05, 0.1) is 0 Å². The van der Waals surface area contributed by atoms with Crippen molar-refractivity contribution in [3.8, 4) is 0 Å². The van der Waals surface area contributed by atoms with Crippen LogP contribution in [0.5, 0.6) is 0 Å². The number of amidine groups is 1. The van der Waals surface area contributed by atoms with Crippen LogP contribution in [0.25, 0.3) is 0 Å². The van der Waals surface area contributed by atoms with Gasteiger partial charge in [-0.3, -0.25) is 14.7 Å². The highest BCUT2D eigenvalue weighted by atomic mass is 16.2. The Hall–Kier alpha value is -1.38. The second kappa shape index (κ2) is 9.63. The van der Waals surface area contributed by atoms with Crippen molar-refractivity contribution in [3.63, 3.8) is 0 Å². The number of carbonyl (C=O) groups is 1. The van der Waals surface area contributed by atoms with E-state index in [-0.39, 0.29) is 5.91 Å². The molecule has 0 bridgehead atoms. The van der Waals surface area contributed by atoms with Crippen molar-refractivity contribution in [1.29, 1.82) is 0 Å². The van der Waals surface area contributed by atoms with Crippen LogP contribution in [0, 0.1) is 5.92 Å². The molecule has 0 aromatic rings. The van der Waals surface area contributed by atoms with Gasteiger partial charge in [-0.1, -0.05) is 26.0 Å². The van der Waals surface area contributed by atoms with Gasteiger partial charge in [-0.2, -0.15) is 0 Å². The summed E-state index contributed by atoms with van der Waals surface area (Å²) in [6, 6.07) is 0. The van der Waals surface area contributed by atoms with Crippen molar-refractivity contribution < 1.29 is 4.79 Å². The molecule has 0 aromatic heterocycles. The lowest BCUT2D eigenvalue weighted by Crippen LogP contribution is -2.32. The largest absolute Gasteiger partial charge is 0.276 e. The standard InChI is InChI=1S/C15H26N2O/c1-6-9-15(18)17(12-7-2)14(16-8-3)11-10-13(4)5/h6-7,12-13H,1,8-11H2,2-5H3/b12-7-,16-14-. The molecule has 3 heteroatoms. The Morgan fingerprint density at radius 3 is 2.56 bits per heavy atom. The highest BCUT2D eigenvalue weighted by Crippen LogP contribution is 2.10. The molecule has 0 aliphatic heterocycles. The van der Waals surface area contributed by atoms with E-state index in [1.54, 1.807) is 17.2 Å². The molecule has 0 rings (SSSR count). The van der Waals surface area contributed by atoms with Gasteiger partial charge in [-0.05, 0) is 26.2 Å². The van der Waals surface area contributed by atoms with Gasteiger partial charge in [0.1, 0.15) is 5.84 Å². The molecule has 0 saturated heterocycles. The normalized spacial score (nSPS) is 12.2. The summed E-state index contributed by atoms with van der Waals surface area (Å²) in [5, 5.41) is 0. The van der Waals surface area contributed by atoms with Gasteiger partial charge in [0.15, 0.2) is 0 Å². The van der Waals surface area contributed by atoms with Gasteiger partial charge in [0, 0.05) is 25.6 Å². The molecule has 0 N–H and O–H groups in total. The Morgan fingerprint density at radius 1 is 1.44 bits per heavy atom. The van der Waals surface area contributed by atoms with Crippen LogP contribution in [-0.4, -0.2) is 23.2 Å². The molecular weight excluding hydrogens is 224 g/mol. The number of aliphatic imine (C=N–C) groups is 1. The second-order valence-corrected chi connectivity index (χ2v) is 4.56. The topological polar surface area (TPSA) is 32.7 Å². The van der Waals surface area contributed by atoms with Crippen LogP contribution in [0.4, 0.5) is 0 Å². The van der Waals surface area contributed by atoms with Crippen LogP contribution < -0.4 is 0 Å². The smallest absolute Gasteiger partial charge is 0.235 e. The van der Waals surface area contributed by atoms with Crippen LogP contribution in [0.1, 0.15) is 47.0 Å². The van der Waals surface area contributed by atoms with E-state index in [0.717, 1.165) is 18.7 Å². The van der Waals surface area contributed by atoms with E-state index in [0.29, 0.717) is 18.9 Å². The maximum Gasteiger partial charge on any atom is 0.235 e. The molecule has 0 aliphatic carbocycles. The number of hydrogen-bond donors (Lipinski definition) is 0. The Balaban J connectivity index is 4.92. The first kappa shape index (κ1) is 16.6. The van der Waals surface area contributed by atoms with E-state index in [1.165, 1.54) is 0 Å². The zero-order valence-electron chi connectivity index (χ0n) is 12.1. The quantitative estimate of drug-likeness (QED) is 0.384. The monoisotopic (exact) mass is 250 g/mol. The molecule has 0 spiro atoms. The number of amides is 1. The SMILES string of the molecule is C=CCC(=O)N(/C=C\C)/C(CCC(C)C)=N\CC. The molecule has 3 nitrogen and oxygen atoms in total. The predicted octanol–water partition coefficient (Wildman–Crippen LogP) is 3.78. The molecule has 0 heterocycles. The van der Waals surface area contributed by atoms with Crippen molar-refractivity contribution in [2.45, 2.75) is 47.0 Å². The van der Waals surface area contributed by atoms with Gasteiger partial charge < -0.3 is 0 Å². The average molecular weight is 250 g/mol. The van der Waals surface area contributed by atoms with Crippen molar-refractivity contribution >= 4 is 11.7 Å².